The minimum absolute atomic E-state index is 0. The number of rotatable bonds is 4. The molecular weight excluding hydrogens is 321 g/mol. The van der Waals surface area contributed by atoms with Crippen LogP contribution in [0.5, 0.6) is 0 Å². The molecule has 132 valence electrons. The van der Waals surface area contributed by atoms with Crippen LogP contribution in [0.15, 0.2) is 0 Å². The van der Waals surface area contributed by atoms with Gasteiger partial charge in [-0.1, -0.05) is 19.8 Å². The van der Waals surface area contributed by atoms with Crippen LogP contribution in [0, 0.1) is 11.8 Å². The molecular formula is C16H33Cl2N3O. The average Bonchev–Trinajstić information content (AvgIpc) is 2.82. The Kier molecular flexibility index (Phi) is 9.30. The van der Waals surface area contributed by atoms with Gasteiger partial charge < -0.3 is 16.0 Å². The van der Waals surface area contributed by atoms with Crippen molar-refractivity contribution in [2.24, 2.45) is 17.6 Å². The number of carbonyl (C=O) groups excluding carboxylic acids is 1. The molecule has 0 saturated heterocycles. The van der Waals surface area contributed by atoms with Gasteiger partial charge in [0.2, 0.25) is 5.91 Å². The predicted octanol–water partition coefficient (Wildman–Crippen LogP) is 2.58. The van der Waals surface area contributed by atoms with E-state index in [-0.39, 0.29) is 48.2 Å². The summed E-state index contributed by atoms with van der Waals surface area (Å²) in [5.74, 6) is 1.12. The molecule has 2 fully saturated rings. The van der Waals surface area contributed by atoms with Gasteiger partial charge in [0.05, 0.1) is 0 Å². The fourth-order valence-electron chi connectivity index (χ4n) is 4.01. The van der Waals surface area contributed by atoms with Crippen LogP contribution in [0.2, 0.25) is 0 Å². The summed E-state index contributed by atoms with van der Waals surface area (Å²) in [5.41, 5.74) is 6.05. The van der Waals surface area contributed by atoms with Crippen LogP contribution in [0.25, 0.3) is 0 Å². The van der Waals surface area contributed by atoms with E-state index in [1.807, 2.05) is 0 Å². The van der Waals surface area contributed by atoms with Crippen LogP contribution in [-0.2, 0) is 4.79 Å². The van der Waals surface area contributed by atoms with Crippen molar-refractivity contribution >= 4 is 30.7 Å². The highest BCUT2D eigenvalue weighted by atomic mass is 35.5. The maximum atomic E-state index is 12.3. The standard InChI is InChI=1S/C16H31N3O.2ClH/c1-12-5-4-8-16(10-12,19(2)3)11-18-15(20)13-6-7-14(17)9-13;;/h12-14H,4-11,17H2,1-3H3,(H,18,20);2*1H. The third kappa shape index (κ3) is 5.26. The second-order valence-electron chi connectivity index (χ2n) is 7.31. The lowest BCUT2D eigenvalue weighted by Gasteiger charge is -2.45. The Hall–Kier alpha value is -0.0300. The Balaban J connectivity index is 0.00000220. The molecule has 2 aliphatic carbocycles. The fourth-order valence-corrected chi connectivity index (χ4v) is 4.01. The van der Waals surface area contributed by atoms with E-state index in [0.717, 1.165) is 31.7 Å². The molecule has 0 radical (unpaired) electrons. The van der Waals surface area contributed by atoms with Gasteiger partial charge in [-0.3, -0.25) is 4.79 Å². The second kappa shape index (κ2) is 9.31. The van der Waals surface area contributed by atoms with E-state index in [4.69, 9.17) is 5.73 Å². The van der Waals surface area contributed by atoms with Crippen molar-refractivity contribution in [1.29, 1.82) is 0 Å². The molecule has 0 aromatic heterocycles. The van der Waals surface area contributed by atoms with Crippen LogP contribution in [0.1, 0.15) is 51.9 Å². The topological polar surface area (TPSA) is 58.4 Å². The summed E-state index contributed by atoms with van der Waals surface area (Å²) in [6.45, 7) is 3.12. The highest BCUT2D eigenvalue weighted by Crippen LogP contribution is 2.35. The van der Waals surface area contributed by atoms with Crippen LogP contribution in [0.3, 0.4) is 0 Å². The number of likely N-dealkylation sites (N-methyl/N-ethyl adjacent to an activating group) is 1. The molecule has 0 spiro atoms. The molecule has 2 aliphatic rings. The quantitative estimate of drug-likeness (QED) is 0.816. The van der Waals surface area contributed by atoms with Crippen LogP contribution < -0.4 is 11.1 Å². The van der Waals surface area contributed by atoms with E-state index in [9.17, 15) is 4.79 Å². The summed E-state index contributed by atoms with van der Waals surface area (Å²) in [6.07, 6.45) is 7.77. The first-order valence-electron chi connectivity index (χ1n) is 8.14. The Morgan fingerprint density at radius 2 is 1.95 bits per heavy atom. The van der Waals surface area contributed by atoms with Crippen LogP contribution in [0.4, 0.5) is 0 Å². The second-order valence-corrected chi connectivity index (χ2v) is 7.31. The van der Waals surface area contributed by atoms with Gasteiger partial charge >= 0.3 is 0 Å². The van der Waals surface area contributed by atoms with Crippen molar-refractivity contribution in [2.45, 2.75) is 63.5 Å². The summed E-state index contributed by atoms with van der Waals surface area (Å²) in [6, 6.07) is 0.225. The van der Waals surface area contributed by atoms with E-state index in [0.29, 0.717) is 0 Å². The summed E-state index contributed by atoms with van der Waals surface area (Å²) < 4.78 is 0. The van der Waals surface area contributed by atoms with Gasteiger partial charge in [0.1, 0.15) is 0 Å². The van der Waals surface area contributed by atoms with E-state index in [1.54, 1.807) is 0 Å². The van der Waals surface area contributed by atoms with E-state index >= 15 is 0 Å². The normalized spacial score (nSPS) is 34.7. The van der Waals surface area contributed by atoms with Crippen molar-refractivity contribution in [3.63, 3.8) is 0 Å². The first kappa shape index (κ1) is 22.0. The molecule has 0 aromatic rings. The molecule has 3 N–H and O–H groups in total. The molecule has 0 bridgehead atoms. The molecule has 22 heavy (non-hydrogen) atoms. The maximum Gasteiger partial charge on any atom is 0.223 e. The molecule has 0 aromatic carbocycles. The van der Waals surface area contributed by atoms with Gasteiger partial charge in [-0.2, -0.15) is 0 Å². The number of halogens is 2. The number of amides is 1. The largest absolute Gasteiger partial charge is 0.354 e. The first-order valence-corrected chi connectivity index (χ1v) is 8.14. The Morgan fingerprint density at radius 1 is 1.27 bits per heavy atom. The minimum atomic E-state index is 0. The molecule has 0 heterocycles. The molecule has 1 amide bonds. The monoisotopic (exact) mass is 353 g/mol. The molecule has 4 nitrogen and oxygen atoms in total. The zero-order valence-corrected chi connectivity index (χ0v) is 15.8. The Bertz CT molecular complexity index is 354. The van der Waals surface area contributed by atoms with E-state index in [2.05, 4.69) is 31.2 Å². The zero-order valence-electron chi connectivity index (χ0n) is 14.1. The summed E-state index contributed by atoms with van der Waals surface area (Å²) in [7, 11) is 4.30. The van der Waals surface area contributed by atoms with E-state index in [1.165, 1.54) is 25.7 Å². The fraction of sp³-hybridized carbons (Fsp3) is 0.938. The SMILES string of the molecule is CC1CCCC(CNC(=O)C2CCC(N)C2)(N(C)C)C1.Cl.Cl. The molecule has 0 aliphatic heterocycles. The predicted molar refractivity (Wildman–Crippen MR) is 96.9 cm³/mol. The number of nitrogens with two attached hydrogens (primary N) is 1. The van der Waals surface area contributed by atoms with Crippen LogP contribution in [-0.4, -0.2) is 43.0 Å². The molecule has 2 saturated carbocycles. The highest BCUT2D eigenvalue weighted by molar-refractivity contribution is 5.85. The van der Waals surface area contributed by atoms with Crippen molar-refractivity contribution in [3.8, 4) is 0 Å². The first-order chi connectivity index (χ1) is 9.43. The number of carbonyl (C=O) groups is 1. The van der Waals surface area contributed by atoms with Crippen molar-refractivity contribution in [2.75, 3.05) is 20.6 Å². The lowest BCUT2D eigenvalue weighted by atomic mass is 9.75. The van der Waals surface area contributed by atoms with Crippen molar-refractivity contribution < 1.29 is 4.79 Å². The third-order valence-corrected chi connectivity index (χ3v) is 5.45. The lowest BCUT2D eigenvalue weighted by Crippen LogP contribution is -2.55. The van der Waals surface area contributed by atoms with Gasteiger partial charge in [0.15, 0.2) is 0 Å². The average molecular weight is 354 g/mol. The number of hydrogen-bond donors (Lipinski definition) is 2. The zero-order chi connectivity index (χ0) is 14.8. The smallest absolute Gasteiger partial charge is 0.223 e. The van der Waals surface area contributed by atoms with E-state index < -0.39 is 0 Å². The highest BCUT2D eigenvalue weighted by Gasteiger charge is 2.38. The minimum Gasteiger partial charge on any atom is -0.354 e. The molecule has 6 heteroatoms. The van der Waals surface area contributed by atoms with Gasteiger partial charge in [0, 0.05) is 24.0 Å². The Morgan fingerprint density at radius 3 is 2.45 bits per heavy atom. The molecule has 4 atom stereocenters. The number of nitrogens with one attached hydrogen (secondary N) is 1. The Labute approximate surface area is 147 Å². The number of hydrogen-bond acceptors (Lipinski definition) is 3. The lowest BCUT2D eigenvalue weighted by molar-refractivity contribution is -0.125. The molecule has 4 unspecified atom stereocenters. The summed E-state index contributed by atoms with van der Waals surface area (Å²) in [4.78, 5) is 14.6. The third-order valence-electron chi connectivity index (χ3n) is 5.45. The summed E-state index contributed by atoms with van der Waals surface area (Å²) >= 11 is 0. The van der Waals surface area contributed by atoms with Crippen LogP contribution >= 0.6 is 24.8 Å². The van der Waals surface area contributed by atoms with Gasteiger partial charge in [-0.15, -0.1) is 24.8 Å². The van der Waals surface area contributed by atoms with Gasteiger partial charge in [-0.25, -0.2) is 0 Å². The van der Waals surface area contributed by atoms with Gasteiger partial charge in [-0.05, 0) is 52.1 Å². The van der Waals surface area contributed by atoms with Crippen molar-refractivity contribution in [1.82, 2.24) is 10.2 Å². The van der Waals surface area contributed by atoms with Gasteiger partial charge in [0.25, 0.3) is 0 Å². The maximum absolute atomic E-state index is 12.3. The number of nitrogens with zero attached hydrogens (tertiary/aromatic N) is 1. The molecule has 2 rings (SSSR count). The van der Waals surface area contributed by atoms with Crippen molar-refractivity contribution in [3.05, 3.63) is 0 Å². The summed E-state index contributed by atoms with van der Waals surface area (Å²) in [5, 5.41) is 3.22.